The van der Waals surface area contributed by atoms with Gasteiger partial charge >= 0.3 is 0 Å². The van der Waals surface area contributed by atoms with E-state index in [9.17, 15) is 8.42 Å². The lowest BCUT2D eigenvalue weighted by molar-refractivity contribution is 0.355. The number of rotatable bonds is 10. The second kappa shape index (κ2) is 8.41. The average Bonchev–Trinajstić information content (AvgIpc) is 2.88. The van der Waals surface area contributed by atoms with Gasteiger partial charge in [-0.1, -0.05) is 13.8 Å². The largest absolute Gasteiger partial charge is 0.447 e. The number of likely N-dealkylation sites (N-methyl/N-ethyl adjacent to an activating group) is 1. The summed E-state index contributed by atoms with van der Waals surface area (Å²) in [7, 11) is -1.60. The van der Waals surface area contributed by atoms with E-state index in [-0.39, 0.29) is 5.09 Å². The highest BCUT2D eigenvalue weighted by Gasteiger charge is 2.18. The number of nitrogens with zero attached hydrogens (tertiary/aromatic N) is 1. The minimum absolute atomic E-state index is 0.0232. The van der Waals surface area contributed by atoms with Gasteiger partial charge in [-0.15, -0.1) is 0 Å². The molecule has 0 bridgehead atoms. The van der Waals surface area contributed by atoms with Gasteiger partial charge in [0.1, 0.15) is 5.76 Å². The Balaban J connectivity index is 2.50. The highest BCUT2D eigenvalue weighted by atomic mass is 32.2. The first-order chi connectivity index (χ1) is 9.49. The first-order valence-corrected chi connectivity index (χ1v) is 8.45. The zero-order valence-electron chi connectivity index (χ0n) is 12.5. The van der Waals surface area contributed by atoms with Gasteiger partial charge in [-0.05, 0) is 38.7 Å². The summed E-state index contributed by atoms with van der Waals surface area (Å²) < 4.78 is 31.9. The Morgan fingerprint density at radius 2 is 2.00 bits per heavy atom. The van der Waals surface area contributed by atoms with Crippen LogP contribution in [0.4, 0.5) is 0 Å². The van der Waals surface area contributed by atoms with E-state index in [2.05, 4.69) is 17.0 Å². The van der Waals surface area contributed by atoms with Crippen LogP contribution >= 0.6 is 0 Å². The van der Waals surface area contributed by atoms with Crippen molar-refractivity contribution in [3.8, 4) is 0 Å². The zero-order valence-corrected chi connectivity index (χ0v) is 13.3. The predicted octanol–water partition coefficient (Wildman–Crippen LogP) is 1.01. The molecule has 2 N–H and O–H groups in total. The van der Waals surface area contributed by atoms with Gasteiger partial charge < -0.3 is 14.6 Å². The highest BCUT2D eigenvalue weighted by molar-refractivity contribution is 7.89. The van der Waals surface area contributed by atoms with E-state index >= 15 is 0 Å². The molecule has 0 unspecified atom stereocenters. The van der Waals surface area contributed by atoms with Crippen LogP contribution in [0, 0.1) is 0 Å². The van der Waals surface area contributed by atoms with Gasteiger partial charge in [-0.2, -0.15) is 0 Å². The van der Waals surface area contributed by atoms with Gasteiger partial charge in [-0.3, -0.25) is 0 Å². The van der Waals surface area contributed by atoms with Crippen molar-refractivity contribution in [2.24, 2.45) is 0 Å². The van der Waals surface area contributed by atoms with Crippen molar-refractivity contribution < 1.29 is 12.8 Å². The van der Waals surface area contributed by atoms with Crippen LogP contribution in [0.2, 0.25) is 0 Å². The molecule has 0 aliphatic rings. The molecule has 0 fully saturated rings. The van der Waals surface area contributed by atoms with Crippen molar-refractivity contribution >= 4 is 10.0 Å². The summed E-state index contributed by atoms with van der Waals surface area (Å²) >= 11 is 0. The topological polar surface area (TPSA) is 74.6 Å². The molecule has 0 aliphatic heterocycles. The lowest BCUT2D eigenvalue weighted by Crippen LogP contribution is -2.32. The maximum absolute atomic E-state index is 12.0. The van der Waals surface area contributed by atoms with E-state index in [1.165, 1.54) is 6.07 Å². The van der Waals surface area contributed by atoms with Gasteiger partial charge in [0.2, 0.25) is 5.09 Å². The molecule has 0 atom stereocenters. The molecule has 0 saturated heterocycles. The summed E-state index contributed by atoms with van der Waals surface area (Å²) in [6.45, 7) is 7.44. The van der Waals surface area contributed by atoms with Crippen molar-refractivity contribution in [2.45, 2.75) is 31.9 Å². The lowest BCUT2D eigenvalue weighted by Gasteiger charge is -2.13. The Bertz CT molecular complexity index is 485. The van der Waals surface area contributed by atoms with E-state index in [1.54, 1.807) is 6.07 Å². The van der Waals surface area contributed by atoms with Crippen molar-refractivity contribution in [1.82, 2.24) is 14.9 Å². The molecule has 0 amide bonds. The minimum atomic E-state index is -3.55. The van der Waals surface area contributed by atoms with Gasteiger partial charge in [0, 0.05) is 13.1 Å². The molecule has 7 heteroatoms. The third kappa shape index (κ3) is 5.62. The highest BCUT2D eigenvalue weighted by Crippen LogP contribution is 2.13. The van der Waals surface area contributed by atoms with Crippen LogP contribution in [0.5, 0.6) is 0 Å². The van der Waals surface area contributed by atoms with Crippen LogP contribution in [0.1, 0.15) is 26.0 Å². The first kappa shape index (κ1) is 17.2. The molecule has 1 aromatic heterocycles. The quantitative estimate of drug-likeness (QED) is 0.631. The van der Waals surface area contributed by atoms with Crippen molar-refractivity contribution in [3.63, 3.8) is 0 Å². The van der Waals surface area contributed by atoms with Crippen LogP contribution in [0.3, 0.4) is 0 Å². The van der Waals surface area contributed by atoms with Crippen LogP contribution in [-0.4, -0.2) is 46.5 Å². The lowest BCUT2D eigenvalue weighted by atomic mass is 10.4. The van der Waals surface area contributed by atoms with Crippen molar-refractivity contribution in [3.05, 3.63) is 17.9 Å². The standard InChI is InChI=1S/C13H25N3O3S/c1-4-8-14-11-12-6-7-13(19-12)20(17,18)15-9-10-16(3)5-2/h6-7,14-15H,4-5,8-11H2,1-3H3. The summed E-state index contributed by atoms with van der Waals surface area (Å²) in [5.41, 5.74) is 0. The summed E-state index contributed by atoms with van der Waals surface area (Å²) in [5, 5.41) is 3.14. The van der Waals surface area contributed by atoms with E-state index in [1.807, 2.05) is 18.9 Å². The Labute approximate surface area is 121 Å². The molecule has 0 aliphatic carbocycles. The minimum Gasteiger partial charge on any atom is -0.447 e. The molecule has 1 aromatic rings. The Hall–Kier alpha value is -0.890. The molecule has 0 radical (unpaired) electrons. The average molecular weight is 303 g/mol. The van der Waals surface area contributed by atoms with E-state index < -0.39 is 10.0 Å². The maximum atomic E-state index is 12.0. The van der Waals surface area contributed by atoms with Crippen LogP contribution < -0.4 is 10.0 Å². The summed E-state index contributed by atoms with van der Waals surface area (Å²) in [4.78, 5) is 2.03. The van der Waals surface area contributed by atoms with Crippen LogP contribution in [0.15, 0.2) is 21.6 Å². The van der Waals surface area contributed by atoms with E-state index in [0.29, 0.717) is 25.4 Å². The third-order valence-corrected chi connectivity index (χ3v) is 4.29. The van der Waals surface area contributed by atoms with Crippen molar-refractivity contribution in [2.75, 3.05) is 33.2 Å². The van der Waals surface area contributed by atoms with Gasteiger partial charge in [0.05, 0.1) is 6.54 Å². The third-order valence-electron chi connectivity index (χ3n) is 2.95. The fourth-order valence-corrected chi connectivity index (χ4v) is 2.55. The number of nitrogens with one attached hydrogen (secondary N) is 2. The van der Waals surface area contributed by atoms with Gasteiger partial charge in [0.25, 0.3) is 10.0 Å². The SMILES string of the molecule is CCCNCc1ccc(S(=O)(=O)NCCN(C)CC)o1. The second-order valence-corrected chi connectivity index (χ2v) is 6.39. The number of furan rings is 1. The molecular formula is C13H25N3O3S. The van der Waals surface area contributed by atoms with Gasteiger partial charge in [-0.25, -0.2) is 13.1 Å². The fourth-order valence-electron chi connectivity index (χ4n) is 1.59. The van der Waals surface area contributed by atoms with Crippen LogP contribution in [0.25, 0.3) is 0 Å². The smallest absolute Gasteiger partial charge is 0.274 e. The Morgan fingerprint density at radius 1 is 1.25 bits per heavy atom. The first-order valence-electron chi connectivity index (χ1n) is 6.97. The molecule has 0 spiro atoms. The Kier molecular flexibility index (Phi) is 7.22. The monoisotopic (exact) mass is 303 g/mol. The van der Waals surface area contributed by atoms with Crippen LogP contribution in [-0.2, 0) is 16.6 Å². The van der Waals surface area contributed by atoms with E-state index in [4.69, 9.17) is 4.42 Å². The summed E-state index contributed by atoms with van der Waals surface area (Å²) in [5.74, 6) is 0.629. The molecule has 0 saturated carbocycles. The molecule has 116 valence electrons. The molecule has 20 heavy (non-hydrogen) atoms. The zero-order chi connectivity index (χ0) is 15.0. The van der Waals surface area contributed by atoms with Gasteiger partial charge in [0.15, 0.2) is 0 Å². The van der Waals surface area contributed by atoms with Crippen molar-refractivity contribution in [1.29, 1.82) is 0 Å². The number of hydrogen-bond acceptors (Lipinski definition) is 5. The Morgan fingerprint density at radius 3 is 2.65 bits per heavy atom. The predicted molar refractivity (Wildman–Crippen MR) is 79.1 cm³/mol. The molecule has 0 aromatic carbocycles. The maximum Gasteiger partial charge on any atom is 0.274 e. The summed E-state index contributed by atoms with van der Waals surface area (Å²) in [6.07, 6.45) is 1.03. The molecule has 1 heterocycles. The molecule has 1 rings (SSSR count). The fraction of sp³-hybridized carbons (Fsp3) is 0.692. The number of sulfonamides is 1. The number of hydrogen-bond donors (Lipinski definition) is 2. The van der Waals surface area contributed by atoms with E-state index in [0.717, 1.165) is 19.5 Å². The molecule has 6 nitrogen and oxygen atoms in total. The normalized spacial score (nSPS) is 12.2. The molecular weight excluding hydrogens is 278 g/mol. The summed E-state index contributed by atoms with van der Waals surface area (Å²) in [6, 6.07) is 3.18. The second-order valence-electron chi connectivity index (χ2n) is 4.69.